The highest BCUT2D eigenvalue weighted by Gasteiger charge is 2.52. The lowest BCUT2D eigenvalue weighted by Crippen LogP contribution is -2.40. The van der Waals surface area contributed by atoms with Crippen LogP contribution in [0.15, 0.2) is 231 Å². The van der Waals surface area contributed by atoms with E-state index in [4.69, 9.17) is 14.7 Å². The molecule has 5 heteroatoms. The van der Waals surface area contributed by atoms with Crippen molar-refractivity contribution in [2.75, 3.05) is 4.90 Å². The lowest BCUT2D eigenvalue weighted by atomic mass is 9.61. The normalized spacial score (nSPS) is 13.2. The van der Waals surface area contributed by atoms with Gasteiger partial charge in [0.2, 0.25) is 5.95 Å². The molecular weight excluding hydrogens is 781 g/mol. The molecule has 5 nitrogen and oxygen atoms in total. The first-order valence-corrected chi connectivity index (χ1v) is 21.7. The summed E-state index contributed by atoms with van der Waals surface area (Å²) >= 11 is 0. The van der Waals surface area contributed by atoms with Gasteiger partial charge in [0.15, 0.2) is 0 Å². The number of fused-ring (bicyclic) bond motifs is 11. The van der Waals surface area contributed by atoms with Gasteiger partial charge < -0.3 is 9.30 Å². The summed E-state index contributed by atoms with van der Waals surface area (Å²) in [6.07, 6.45) is 0. The van der Waals surface area contributed by atoms with Crippen LogP contribution in [-0.2, 0) is 5.41 Å². The highest BCUT2D eigenvalue weighted by molar-refractivity contribution is 6.12. The highest BCUT2D eigenvalue weighted by Crippen LogP contribution is 2.63. The number of para-hydroxylation sites is 4. The zero-order chi connectivity index (χ0) is 42.2. The molecule has 1 spiro atoms. The van der Waals surface area contributed by atoms with Crippen molar-refractivity contribution in [3.63, 3.8) is 0 Å². The fourth-order valence-corrected chi connectivity index (χ4v) is 10.3. The van der Waals surface area contributed by atoms with Gasteiger partial charge in [-0.3, -0.25) is 4.90 Å². The van der Waals surface area contributed by atoms with Crippen molar-refractivity contribution in [3.05, 3.63) is 253 Å². The Morgan fingerprint density at radius 3 is 1.53 bits per heavy atom. The van der Waals surface area contributed by atoms with Crippen molar-refractivity contribution in [1.82, 2.24) is 14.5 Å². The Hall–Kier alpha value is -8.54. The van der Waals surface area contributed by atoms with E-state index in [0.717, 1.165) is 101 Å². The second-order valence-electron chi connectivity index (χ2n) is 16.5. The van der Waals surface area contributed by atoms with Crippen molar-refractivity contribution in [2.24, 2.45) is 0 Å². The first-order chi connectivity index (χ1) is 31.7. The molecule has 4 heterocycles. The molecule has 0 aliphatic carbocycles. The molecule has 0 unspecified atom stereocenters. The van der Waals surface area contributed by atoms with Gasteiger partial charge in [0.1, 0.15) is 11.5 Å². The van der Waals surface area contributed by atoms with Gasteiger partial charge in [-0.1, -0.05) is 170 Å². The summed E-state index contributed by atoms with van der Waals surface area (Å²) in [5.41, 5.74) is 14.9. The minimum absolute atomic E-state index is 0.588. The van der Waals surface area contributed by atoms with Gasteiger partial charge in [-0.25, -0.2) is 9.97 Å². The lowest BCUT2D eigenvalue weighted by molar-refractivity contribution is 0.434. The fourth-order valence-electron chi connectivity index (χ4n) is 10.3. The molecule has 11 aromatic rings. The maximum absolute atomic E-state index is 6.88. The molecule has 300 valence electrons. The predicted molar refractivity (Wildman–Crippen MR) is 259 cm³/mol. The minimum Gasteiger partial charge on any atom is -0.457 e. The van der Waals surface area contributed by atoms with E-state index in [2.05, 4.69) is 228 Å². The van der Waals surface area contributed by atoms with Crippen LogP contribution in [0.3, 0.4) is 0 Å². The molecular formula is C59H38N4O. The van der Waals surface area contributed by atoms with Crippen LogP contribution in [0.2, 0.25) is 0 Å². The van der Waals surface area contributed by atoms with Crippen molar-refractivity contribution in [3.8, 4) is 50.8 Å². The SMILES string of the molecule is c1ccc(-c2ccc3c(c2)C2(c4ccccc4Oc4ccccc42)c2cc4c(cc2N3c2nc(-c3ccccc3)cc(-c3ccccc3)n2)c2ccccc2n4-c2ccccc2)cc1. The van der Waals surface area contributed by atoms with Crippen LogP contribution in [0, 0.1) is 0 Å². The van der Waals surface area contributed by atoms with E-state index in [1.807, 2.05) is 12.1 Å². The summed E-state index contributed by atoms with van der Waals surface area (Å²) in [5, 5.41) is 2.30. The number of rotatable bonds is 5. The van der Waals surface area contributed by atoms with E-state index >= 15 is 0 Å². The summed E-state index contributed by atoms with van der Waals surface area (Å²) in [4.78, 5) is 13.4. The Morgan fingerprint density at radius 1 is 0.359 bits per heavy atom. The van der Waals surface area contributed by atoms with Gasteiger partial charge in [0.05, 0.1) is 39.2 Å². The first-order valence-electron chi connectivity index (χ1n) is 21.7. The topological polar surface area (TPSA) is 43.2 Å². The summed E-state index contributed by atoms with van der Waals surface area (Å²) in [5.74, 6) is 2.24. The van der Waals surface area contributed by atoms with Crippen molar-refractivity contribution >= 4 is 39.1 Å². The Morgan fingerprint density at radius 2 is 0.891 bits per heavy atom. The Bertz CT molecular complexity index is 3480. The van der Waals surface area contributed by atoms with Gasteiger partial charge in [-0.15, -0.1) is 0 Å². The van der Waals surface area contributed by atoms with E-state index in [0.29, 0.717) is 5.95 Å². The third kappa shape index (κ3) is 5.37. The molecule has 2 aliphatic heterocycles. The quantitative estimate of drug-likeness (QED) is 0.173. The summed E-state index contributed by atoms with van der Waals surface area (Å²) in [6, 6.07) is 82.0. The third-order valence-corrected chi connectivity index (χ3v) is 13.1. The second kappa shape index (κ2) is 14.3. The van der Waals surface area contributed by atoms with Crippen LogP contribution in [-0.4, -0.2) is 14.5 Å². The first kappa shape index (κ1) is 36.1. The zero-order valence-corrected chi connectivity index (χ0v) is 34.6. The standard InChI is InChI=1S/C59H38N4O/c1-5-19-39(20-6-1)42-33-34-53-48(35-42)59(46-28-14-17-31-56(46)64-57-32-18-15-29-47(57)59)49-37-54-45(44-27-13-16-30-52(44)62(54)43-25-11-4-12-26-43)36-55(49)63(53)58-60-50(40-21-7-2-8-22-40)38-51(61-58)41-23-9-3-10-24-41/h1-38H. The average Bonchev–Trinajstić information content (AvgIpc) is 3.70. The van der Waals surface area contributed by atoms with Crippen LogP contribution in [0.1, 0.15) is 22.3 Å². The Balaban J connectivity index is 1.22. The van der Waals surface area contributed by atoms with Crippen molar-refractivity contribution in [1.29, 1.82) is 0 Å². The monoisotopic (exact) mass is 818 g/mol. The lowest BCUT2D eigenvalue weighted by Gasteiger charge is -2.48. The summed E-state index contributed by atoms with van der Waals surface area (Å²) in [7, 11) is 0. The van der Waals surface area contributed by atoms with Gasteiger partial charge in [0, 0.05) is 38.7 Å². The largest absolute Gasteiger partial charge is 0.457 e. The molecule has 0 saturated heterocycles. The number of nitrogens with zero attached hydrogens (tertiary/aromatic N) is 4. The number of aromatic nitrogens is 3. The van der Waals surface area contributed by atoms with Gasteiger partial charge >= 0.3 is 0 Å². The number of anilines is 3. The zero-order valence-electron chi connectivity index (χ0n) is 34.6. The van der Waals surface area contributed by atoms with E-state index < -0.39 is 5.41 Å². The Labute approximate surface area is 370 Å². The molecule has 0 N–H and O–H groups in total. The maximum atomic E-state index is 6.88. The van der Waals surface area contributed by atoms with Crippen LogP contribution < -0.4 is 9.64 Å². The Kier molecular flexibility index (Phi) is 8.06. The molecule has 9 aromatic carbocycles. The number of ether oxygens (including phenoxy) is 1. The van der Waals surface area contributed by atoms with Gasteiger partial charge in [0.25, 0.3) is 0 Å². The summed E-state index contributed by atoms with van der Waals surface area (Å²) < 4.78 is 9.29. The average molecular weight is 819 g/mol. The molecule has 0 amide bonds. The third-order valence-electron chi connectivity index (χ3n) is 13.1. The van der Waals surface area contributed by atoms with Crippen molar-refractivity contribution in [2.45, 2.75) is 5.41 Å². The van der Waals surface area contributed by atoms with E-state index in [-0.39, 0.29) is 0 Å². The van der Waals surface area contributed by atoms with Crippen molar-refractivity contribution < 1.29 is 4.74 Å². The van der Waals surface area contributed by atoms with E-state index in [1.165, 1.54) is 5.39 Å². The highest BCUT2D eigenvalue weighted by atomic mass is 16.5. The minimum atomic E-state index is -0.830. The second-order valence-corrected chi connectivity index (χ2v) is 16.5. The summed E-state index contributed by atoms with van der Waals surface area (Å²) in [6.45, 7) is 0. The molecule has 0 bridgehead atoms. The predicted octanol–water partition coefficient (Wildman–Crippen LogP) is 14.8. The van der Waals surface area contributed by atoms with Gasteiger partial charge in [-0.2, -0.15) is 0 Å². The van der Waals surface area contributed by atoms with Gasteiger partial charge in [-0.05, 0) is 82.9 Å². The molecule has 0 atom stereocenters. The van der Waals surface area contributed by atoms with E-state index in [1.54, 1.807) is 0 Å². The molecule has 64 heavy (non-hydrogen) atoms. The smallest absolute Gasteiger partial charge is 0.235 e. The van der Waals surface area contributed by atoms with Crippen LogP contribution in [0.5, 0.6) is 11.5 Å². The number of benzene rings is 9. The molecule has 0 radical (unpaired) electrons. The maximum Gasteiger partial charge on any atom is 0.235 e. The molecule has 0 fully saturated rings. The molecule has 0 saturated carbocycles. The number of hydrogen-bond donors (Lipinski definition) is 0. The molecule has 13 rings (SSSR count). The molecule has 2 aromatic heterocycles. The van der Waals surface area contributed by atoms with Crippen LogP contribution in [0.25, 0.3) is 61.1 Å². The van der Waals surface area contributed by atoms with Crippen LogP contribution >= 0.6 is 0 Å². The molecule has 2 aliphatic rings. The fraction of sp³-hybridized carbons (Fsp3) is 0.0169. The van der Waals surface area contributed by atoms with Crippen LogP contribution in [0.4, 0.5) is 17.3 Å². The van der Waals surface area contributed by atoms with E-state index in [9.17, 15) is 0 Å². The number of hydrogen-bond acceptors (Lipinski definition) is 4.